The first-order chi connectivity index (χ1) is 8.99. The summed E-state index contributed by atoms with van der Waals surface area (Å²) >= 11 is 0. The van der Waals surface area contributed by atoms with Crippen LogP contribution in [-0.2, 0) is 10.1 Å². The van der Waals surface area contributed by atoms with Crippen LogP contribution in [-0.4, -0.2) is 13.3 Å². The molecule has 98 valence electrons. The maximum atomic E-state index is 11.9. The third-order valence-corrected chi connectivity index (χ3v) is 3.51. The van der Waals surface area contributed by atoms with Crippen molar-refractivity contribution in [3.63, 3.8) is 0 Å². The summed E-state index contributed by atoms with van der Waals surface area (Å²) < 4.78 is 28.7. The van der Waals surface area contributed by atoms with Crippen LogP contribution in [0.5, 0.6) is 5.75 Å². The van der Waals surface area contributed by atoms with Crippen LogP contribution in [0.15, 0.2) is 59.5 Å². The average molecular weight is 279 g/mol. The van der Waals surface area contributed by atoms with Gasteiger partial charge in [-0.15, -0.1) is 0 Å². The van der Waals surface area contributed by atoms with Crippen molar-refractivity contribution in [3.05, 3.63) is 64.7 Å². The van der Waals surface area contributed by atoms with Gasteiger partial charge in [0.2, 0.25) is 0 Å². The Morgan fingerprint density at radius 2 is 1.68 bits per heavy atom. The molecule has 7 heteroatoms. The predicted molar refractivity (Wildman–Crippen MR) is 67.4 cm³/mol. The van der Waals surface area contributed by atoms with Crippen LogP contribution in [0.2, 0.25) is 0 Å². The molecule has 0 fully saturated rings. The van der Waals surface area contributed by atoms with Crippen molar-refractivity contribution in [3.8, 4) is 5.75 Å². The Kier molecular flexibility index (Phi) is 3.48. The van der Waals surface area contributed by atoms with Crippen LogP contribution in [0, 0.1) is 10.1 Å². The molecule has 0 unspecified atom stereocenters. The second kappa shape index (κ2) is 5.07. The van der Waals surface area contributed by atoms with Gasteiger partial charge < -0.3 is 4.18 Å². The molecule has 0 N–H and O–H groups in total. The molecule has 19 heavy (non-hydrogen) atoms. The van der Waals surface area contributed by atoms with Crippen LogP contribution < -0.4 is 4.18 Å². The van der Waals surface area contributed by atoms with E-state index >= 15 is 0 Å². The molecule has 0 aliphatic carbocycles. The van der Waals surface area contributed by atoms with Gasteiger partial charge in [0.15, 0.2) is 0 Å². The van der Waals surface area contributed by atoms with Crippen molar-refractivity contribution in [2.24, 2.45) is 0 Å². The fourth-order valence-electron chi connectivity index (χ4n) is 1.40. The van der Waals surface area contributed by atoms with Gasteiger partial charge in [-0.25, -0.2) is 0 Å². The summed E-state index contributed by atoms with van der Waals surface area (Å²) in [5, 5.41) is 10.6. The third-order valence-electron chi connectivity index (χ3n) is 2.27. The molecule has 0 aliphatic heterocycles. The summed E-state index contributed by atoms with van der Waals surface area (Å²) in [6.07, 6.45) is 0. The smallest absolute Gasteiger partial charge is 0.339 e. The van der Waals surface area contributed by atoms with Crippen LogP contribution in [0.4, 0.5) is 5.69 Å². The average Bonchev–Trinajstić information content (AvgIpc) is 2.39. The fourth-order valence-corrected chi connectivity index (χ4v) is 2.37. The number of nitrogens with zero attached hydrogens (tertiary/aromatic N) is 1. The summed E-state index contributed by atoms with van der Waals surface area (Å²) in [5.41, 5.74) is -0.308. The number of rotatable bonds is 4. The normalized spacial score (nSPS) is 10.9. The van der Waals surface area contributed by atoms with Crippen molar-refractivity contribution >= 4 is 15.8 Å². The van der Waals surface area contributed by atoms with Crippen molar-refractivity contribution < 1.29 is 17.5 Å². The van der Waals surface area contributed by atoms with Gasteiger partial charge in [-0.3, -0.25) is 10.1 Å². The second-order valence-electron chi connectivity index (χ2n) is 3.60. The standard InChI is InChI=1S/C12H9NO5S/c14-13(15)10-5-4-8-12(9-10)19(16,17)18-11-6-2-1-3-7-11/h1-9H. The minimum absolute atomic E-state index is 0.147. The monoisotopic (exact) mass is 279 g/mol. The fraction of sp³-hybridized carbons (Fsp3) is 0. The zero-order chi connectivity index (χ0) is 13.9. The minimum atomic E-state index is -4.07. The summed E-state index contributed by atoms with van der Waals surface area (Å²) in [7, 11) is -4.07. The molecule has 2 rings (SSSR count). The highest BCUT2D eigenvalue weighted by atomic mass is 32.2. The van der Waals surface area contributed by atoms with Crippen molar-refractivity contribution in [1.29, 1.82) is 0 Å². The van der Waals surface area contributed by atoms with Crippen molar-refractivity contribution in [2.75, 3.05) is 0 Å². The Bertz CT molecular complexity index is 697. The van der Waals surface area contributed by atoms with Crippen molar-refractivity contribution in [1.82, 2.24) is 0 Å². The molecular weight excluding hydrogens is 270 g/mol. The third kappa shape index (κ3) is 3.08. The molecule has 0 atom stereocenters. The second-order valence-corrected chi connectivity index (χ2v) is 5.15. The van der Waals surface area contributed by atoms with E-state index in [4.69, 9.17) is 4.18 Å². The van der Waals surface area contributed by atoms with Crippen LogP contribution in [0.25, 0.3) is 0 Å². The van der Waals surface area contributed by atoms with E-state index in [0.29, 0.717) is 0 Å². The summed E-state index contributed by atoms with van der Waals surface area (Å²) in [5.74, 6) is 0.147. The van der Waals surface area contributed by atoms with Gasteiger partial charge in [0.25, 0.3) is 5.69 Å². The predicted octanol–water partition coefficient (Wildman–Crippen LogP) is 2.36. The van der Waals surface area contributed by atoms with Crippen LogP contribution in [0.1, 0.15) is 0 Å². The molecule has 6 nitrogen and oxygen atoms in total. The number of nitro groups is 1. The molecule has 2 aromatic carbocycles. The van der Waals surface area contributed by atoms with Crippen molar-refractivity contribution in [2.45, 2.75) is 4.90 Å². The molecule has 0 saturated carbocycles. The lowest BCUT2D eigenvalue weighted by Crippen LogP contribution is -2.09. The van der Waals surface area contributed by atoms with E-state index in [1.54, 1.807) is 18.2 Å². The van der Waals surface area contributed by atoms with Gasteiger partial charge in [-0.1, -0.05) is 24.3 Å². The highest BCUT2D eigenvalue weighted by Crippen LogP contribution is 2.21. The molecule has 0 saturated heterocycles. The summed E-state index contributed by atoms with van der Waals surface area (Å²) in [6, 6.07) is 12.6. The molecule has 0 aromatic heterocycles. The number of para-hydroxylation sites is 1. The number of hydrogen-bond donors (Lipinski definition) is 0. The summed E-state index contributed by atoms with van der Waals surface area (Å²) in [4.78, 5) is 9.68. The van der Waals surface area contributed by atoms with Gasteiger partial charge >= 0.3 is 10.1 Å². The molecular formula is C12H9NO5S. The molecule has 0 spiro atoms. The Morgan fingerprint density at radius 3 is 2.32 bits per heavy atom. The van der Waals surface area contributed by atoms with Gasteiger partial charge in [-0.2, -0.15) is 8.42 Å². The van der Waals surface area contributed by atoms with E-state index in [2.05, 4.69) is 0 Å². The van der Waals surface area contributed by atoms with E-state index in [-0.39, 0.29) is 16.3 Å². The topological polar surface area (TPSA) is 86.5 Å². The first kappa shape index (κ1) is 13.0. The maximum absolute atomic E-state index is 11.9. The first-order valence-electron chi connectivity index (χ1n) is 5.23. The number of benzene rings is 2. The van der Waals surface area contributed by atoms with E-state index in [9.17, 15) is 18.5 Å². The van der Waals surface area contributed by atoms with E-state index in [0.717, 1.165) is 6.07 Å². The highest BCUT2D eigenvalue weighted by Gasteiger charge is 2.19. The van der Waals surface area contributed by atoms with Gasteiger partial charge in [-0.05, 0) is 18.2 Å². The largest absolute Gasteiger partial charge is 0.379 e. The number of hydrogen-bond acceptors (Lipinski definition) is 5. The molecule has 0 radical (unpaired) electrons. The summed E-state index contributed by atoms with van der Waals surface area (Å²) in [6.45, 7) is 0. The SMILES string of the molecule is O=[N+]([O-])c1cccc(S(=O)(=O)Oc2ccccc2)c1. The minimum Gasteiger partial charge on any atom is -0.379 e. The quantitative estimate of drug-likeness (QED) is 0.487. The highest BCUT2D eigenvalue weighted by molar-refractivity contribution is 7.87. The van der Waals surface area contributed by atoms with Gasteiger partial charge in [0.05, 0.1) is 4.92 Å². The Balaban J connectivity index is 2.35. The lowest BCUT2D eigenvalue weighted by molar-refractivity contribution is -0.385. The van der Waals surface area contributed by atoms with E-state index in [1.807, 2.05) is 0 Å². The molecule has 0 bridgehead atoms. The van der Waals surface area contributed by atoms with Crippen LogP contribution >= 0.6 is 0 Å². The zero-order valence-electron chi connectivity index (χ0n) is 9.59. The molecule has 0 heterocycles. The first-order valence-corrected chi connectivity index (χ1v) is 6.64. The van der Waals surface area contributed by atoms with E-state index < -0.39 is 15.0 Å². The molecule has 0 aliphatic rings. The number of nitro benzene ring substituents is 1. The van der Waals surface area contributed by atoms with Gasteiger partial charge in [0, 0.05) is 12.1 Å². The van der Waals surface area contributed by atoms with E-state index in [1.165, 1.54) is 30.3 Å². The Hall–Kier alpha value is -2.41. The Morgan fingerprint density at radius 1 is 1.00 bits per heavy atom. The lowest BCUT2D eigenvalue weighted by Gasteiger charge is -2.06. The van der Waals surface area contributed by atoms with Crippen LogP contribution in [0.3, 0.4) is 0 Å². The molecule has 0 amide bonds. The maximum Gasteiger partial charge on any atom is 0.339 e. The lowest BCUT2D eigenvalue weighted by atomic mass is 10.3. The number of non-ortho nitro benzene ring substituents is 1. The Labute approximate surface area is 109 Å². The van der Waals surface area contributed by atoms with Gasteiger partial charge in [0.1, 0.15) is 10.6 Å². The molecule has 2 aromatic rings. The zero-order valence-corrected chi connectivity index (χ0v) is 10.4.